The lowest BCUT2D eigenvalue weighted by molar-refractivity contribution is 0.334. The van der Waals surface area contributed by atoms with E-state index in [1.54, 1.807) is 0 Å². The molecule has 1 unspecified atom stereocenters. The monoisotopic (exact) mass is 245 g/mol. The fourth-order valence-electron chi connectivity index (χ4n) is 2.99. The summed E-state index contributed by atoms with van der Waals surface area (Å²) in [7, 11) is 0. The zero-order chi connectivity index (χ0) is 12.8. The van der Waals surface area contributed by atoms with Crippen molar-refractivity contribution >= 4 is 0 Å². The fourth-order valence-corrected chi connectivity index (χ4v) is 2.99. The van der Waals surface area contributed by atoms with Crippen LogP contribution in [0, 0.1) is 0 Å². The number of benzene rings is 1. The minimum Gasteiger partial charge on any atom is -0.307 e. The normalized spacial score (nSPS) is 18.8. The second kappa shape index (κ2) is 6.94. The Morgan fingerprint density at radius 1 is 1.06 bits per heavy atom. The van der Waals surface area contributed by atoms with Crippen molar-refractivity contribution in [3.63, 3.8) is 0 Å². The largest absolute Gasteiger partial charge is 0.307 e. The molecule has 1 fully saturated rings. The molecule has 2 rings (SSSR count). The zero-order valence-corrected chi connectivity index (χ0v) is 11.9. The van der Waals surface area contributed by atoms with Gasteiger partial charge in [-0.3, -0.25) is 0 Å². The van der Waals surface area contributed by atoms with Gasteiger partial charge in [0.25, 0.3) is 0 Å². The van der Waals surface area contributed by atoms with Gasteiger partial charge in [0.05, 0.1) is 0 Å². The van der Waals surface area contributed by atoms with Crippen LogP contribution in [-0.4, -0.2) is 6.04 Å². The fraction of sp³-hybridized carbons (Fsp3) is 0.647. The first-order chi connectivity index (χ1) is 8.83. The Bertz CT molecular complexity index is 335. The number of hydrogen-bond donors (Lipinski definition) is 1. The Kier molecular flexibility index (Phi) is 5.25. The molecule has 0 heterocycles. The summed E-state index contributed by atoms with van der Waals surface area (Å²) in [5.41, 5.74) is 2.89. The van der Waals surface area contributed by atoms with Gasteiger partial charge in [-0.1, -0.05) is 57.4 Å². The summed E-state index contributed by atoms with van der Waals surface area (Å²) < 4.78 is 0. The Labute approximate surface area is 112 Å². The summed E-state index contributed by atoms with van der Waals surface area (Å²) in [6.45, 7) is 4.50. The SMILES string of the molecule is CCc1ccc(C(CC)NC2CCCCC2)cc1. The van der Waals surface area contributed by atoms with Crippen LogP contribution in [0.15, 0.2) is 24.3 Å². The summed E-state index contributed by atoms with van der Waals surface area (Å²) in [6.07, 6.45) is 9.29. The van der Waals surface area contributed by atoms with Gasteiger partial charge >= 0.3 is 0 Å². The van der Waals surface area contributed by atoms with Crippen molar-refractivity contribution in [2.45, 2.75) is 70.9 Å². The molecule has 1 aliphatic rings. The minimum absolute atomic E-state index is 0.541. The minimum atomic E-state index is 0.541. The van der Waals surface area contributed by atoms with Gasteiger partial charge in [0, 0.05) is 12.1 Å². The van der Waals surface area contributed by atoms with Crippen LogP contribution in [0.4, 0.5) is 0 Å². The van der Waals surface area contributed by atoms with Crippen LogP contribution in [0.1, 0.15) is 69.5 Å². The number of aryl methyl sites for hydroxylation is 1. The molecule has 1 atom stereocenters. The average molecular weight is 245 g/mol. The Morgan fingerprint density at radius 2 is 1.72 bits per heavy atom. The highest BCUT2D eigenvalue weighted by Gasteiger charge is 2.17. The summed E-state index contributed by atoms with van der Waals surface area (Å²) in [5, 5.41) is 3.86. The molecular weight excluding hydrogens is 218 g/mol. The summed E-state index contributed by atoms with van der Waals surface area (Å²) in [5.74, 6) is 0. The third-order valence-corrected chi connectivity index (χ3v) is 4.24. The molecule has 0 bridgehead atoms. The molecule has 0 spiro atoms. The summed E-state index contributed by atoms with van der Waals surface area (Å²) in [4.78, 5) is 0. The molecular formula is C17H27N. The third kappa shape index (κ3) is 3.58. The third-order valence-electron chi connectivity index (χ3n) is 4.24. The van der Waals surface area contributed by atoms with E-state index in [0.29, 0.717) is 6.04 Å². The first-order valence-corrected chi connectivity index (χ1v) is 7.68. The summed E-state index contributed by atoms with van der Waals surface area (Å²) in [6, 6.07) is 10.5. The molecule has 1 N–H and O–H groups in total. The molecule has 0 saturated heterocycles. The molecule has 0 amide bonds. The van der Waals surface area contributed by atoms with E-state index in [-0.39, 0.29) is 0 Å². The van der Waals surface area contributed by atoms with Crippen LogP contribution in [0.25, 0.3) is 0 Å². The highest BCUT2D eigenvalue weighted by atomic mass is 14.9. The molecule has 18 heavy (non-hydrogen) atoms. The standard InChI is InChI=1S/C17H27N/c1-3-14-10-12-15(13-11-14)17(4-2)18-16-8-6-5-7-9-16/h10-13,16-18H,3-9H2,1-2H3. The highest BCUT2D eigenvalue weighted by Crippen LogP contribution is 2.23. The lowest BCUT2D eigenvalue weighted by Crippen LogP contribution is -2.34. The van der Waals surface area contributed by atoms with Crippen LogP contribution in [-0.2, 0) is 6.42 Å². The van der Waals surface area contributed by atoms with E-state index < -0.39 is 0 Å². The smallest absolute Gasteiger partial charge is 0.0320 e. The van der Waals surface area contributed by atoms with Gasteiger partial charge in [-0.25, -0.2) is 0 Å². The van der Waals surface area contributed by atoms with Crippen LogP contribution < -0.4 is 5.32 Å². The van der Waals surface area contributed by atoms with Crippen LogP contribution in [0.5, 0.6) is 0 Å². The van der Waals surface area contributed by atoms with Crippen molar-refractivity contribution in [3.05, 3.63) is 35.4 Å². The van der Waals surface area contributed by atoms with Gasteiger partial charge in [-0.05, 0) is 36.8 Å². The predicted octanol–water partition coefficient (Wildman–Crippen LogP) is 4.62. The van der Waals surface area contributed by atoms with Gasteiger partial charge in [0.1, 0.15) is 0 Å². The molecule has 1 aliphatic carbocycles. The van der Waals surface area contributed by atoms with Crippen molar-refractivity contribution in [2.24, 2.45) is 0 Å². The number of nitrogens with one attached hydrogen (secondary N) is 1. The first-order valence-electron chi connectivity index (χ1n) is 7.68. The van der Waals surface area contributed by atoms with Crippen molar-refractivity contribution in [2.75, 3.05) is 0 Å². The Balaban J connectivity index is 1.97. The maximum atomic E-state index is 3.86. The molecule has 0 aromatic heterocycles. The van der Waals surface area contributed by atoms with Gasteiger partial charge in [0.15, 0.2) is 0 Å². The van der Waals surface area contributed by atoms with Crippen LogP contribution in [0.3, 0.4) is 0 Å². The van der Waals surface area contributed by atoms with Crippen molar-refractivity contribution in [3.8, 4) is 0 Å². The molecule has 1 aromatic rings. The Morgan fingerprint density at radius 3 is 2.28 bits per heavy atom. The maximum Gasteiger partial charge on any atom is 0.0320 e. The predicted molar refractivity (Wildman–Crippen MR) is 78.9 cm³/mol. The molecule has 0 aliphatic heterocycles. The molecule has 1 nitrogen and oxygen atoms in total. The zero-order valence-electron chi connectivity index (χ0n) is 11.9. The lowest BCUT2D eigenvalue weighted by atomic mass is 9.93. The van der Waals surface area contributed by atoms with E-state index in [9.17, 15) is 0 Å². The van der Waals surface area contributed by atoms with Gasteiger partial charge in [-0.15, -0.1) is 0 Å². The van der Waals surface area contributed by atoms with E-state index in [4.69, 9.17) is 0 Å². The Hall–Kier alpha value is -0.820. The van der Waals surface area contributed by atoms with Crippen molar-refractivity contribution < 1.29 is 0 Å². The lowest BCUT2D eigenvalue weighted by Gasteiger charge is -2.28. The first kappa shape index (κ1) is 13.6. The quantitative estimate of drug-likeness (QED) is 0.798. The van der Waals surface area contributed by atoms with Gasteiger partial charge in [0.2, 0.25) is 0 Å². The second-order valence-electron chi connectivity index (χ2n) is 5.56. The van der Waals surface area contributed by atoms with E-state index in [0.717, 1.165) is 12.5 Å². The van der Waals surface area contributed by atoms with Crippen LogP contribution >= 0.6 is 0 Å². The van der Waals surface area contributed by atoms with E-state index in [2.05, 4.69) is 43.4 Å². The molecule has 100 valence electrons. The van der Waals surface area contributed by atoms with Crippen molar-refractivity contribution in [1.29, 1.82) is 0 Å². The molecule has 1 aromatic carbocycles. The second-order valence-corrected chi connectivity index (χ2v) is 5.56. The number of hydrogen-bond acceptors (Lipinski definition) is 1. The molecule has 0 radical (unpaired) electrons. The van der Waals surface area contributed by atoms with E-state index >= 15 is 0 Å². The number of rotatable bonds is 5. The highest BCUT2D eigenvalue weighted by molar-refractivity contribution is 5.25. The van der Waals surface area contributed by atoms with E-state index in [1.165, 1.54) is 49.7 Å². The van der Waals surface area contributed by atoms with Crippen molar-refractivity contribution in [1.82, 2.24) is 5.32 Å². The molecule has 1 saturated carbocycles. The van der Waals surface area contributed by atoms with Crippen LogP contribution in [0.2, 0.25) is 0 Å². The van der Waals surface area contributed by atoms with Gasteiger partial charge < -0.3 is 5.32 Å². The molecule has 1 heteroatoms. The summed E-state index contributed by atoms with van der Waals surface area (Å²) >= 11 is 0. The van der Waals surface area contributed by atoms with E-state index in [1.807, 2.05) is 0 Å². The topological polar surface area (TPSA) is 12.0 Å². The van der Waals surface area contributed by atoms with Gasteiger partial charge in [-0.2, -0.15) is 0 Å². The maximum absolute atomic E-state index is 3.86. The average Bonchev–Trinajstić information content (AvgIpc) is 2.46.